The summed E-state index contributed by atoms with van der Waals surface area (Å²) in [7, 11) is -22.1. The molecule has 1 aliphatic rings. The molecule has 4 aromatic rings. The van der Waals surface area contributed by atoms with E-state index in [0.29, 0.717) is 11.1 Å². The topological polar surface area (TPSA) is 272 Å². The number of ether oxygens (including phenoxy) is 1. The number of imidazole rings is 1. The number of fused-ring (bicyclic) bond motifs is 1. The molecule has 5 N–H and O–H groups in total. The smallest absolute Gasteiger partial charge is 0.407 e. The molecule has 3 heterocycles. The van der Waals surface area contributed by atoms with Crippen molar-refractivity contribution in [2.24, 2.45) is 0 Å². The van der Waals surface area contributed by atoms with Gasteiger partial charge in [0.1, 0.15) is 18.3 Å². The van der Waals surface area contributed by atoms with Crippen molar-refractivity contribution in [3.8, 4) is 0 Å². The SMILES string of the molecule is CC(C)(C)[Si](C)(C)O[C@H]1C(OP(=O)(O)OP(C)(=O)OCc2ccccc2)[C@@H](COP(=O)(O)OP(C)(=O)OCc2ccccc2)O[C@H]1n1cnc2c(=O)[nH]c(N)nc21. The van der Waals surface area contributed by atoms with Gasteiger partial charge in [0.2, 0.25) is 5.95 Å². The van der Waals surface area contributed by atoms with Gasteiger partial charge in [0.25, 0.3) is 5.56 Å². The summed E-state index contributed by atoms with van der Waals surface area (Å²) < 4.78 is 99.5. The summed E-state index contributed by atoms with van der Waals surface area (Å²) in [4.78, 5) is 45.3. The number of hydrogen-bond donors (Lipinski definition) is 4. The lowest BCUT2D eigenvalue weighted by Crippen LogP contribution is -2.49. The summed E-state index contributed by atoms with van der Waals surface area (Å²) >= 11 is 0. The third-order valence-corrected chi connectivity index (χ3v) is 19.7. The van der Waals surface area contributed by atoms with E-state index >= 15 is 0 Å². The first-order valence-electron chi connectivity index (χ1n) is 17.3. The molecular formula is C32H47N5O15P4Si. The zero-order chi connectivity index (χ0) is 42.0. The molecule has 1 saturated heterocycles. The van der Waals surface area contributed by atoms with E-state index in [1.54, 1.807) is 60.7 Å². The third kappa shape index (κ3) is 12.2. The number of anilines is 1. The summed E-state index contributed by atoms with van der Waals surface area (Å²) in [6.07, 6.45) is -4.88. The second-order valence-corrected chi connectivity index (χ2v) is 26.7. The molecule has 0 amide bonds. The lowest BCUT2D eigenvalue weighted by Gasteiger charge is -2.40. The maximum atomic E-state index is 13.8. The summed E-state index contributed by atoms with van der Waals surface area (Å²) in [6, 6.07) is 17.2. The fourth-order valence-electron chi connectivity index (χ4n) is 5.28. The summed E-state index contributed by atoms with van der Waals surface area (Å²) in [5.74, 6) is -0.263. The quantitative estimate of drug-likeness (QED) is 0.0597. The molecule has 5 unspecified atom stereocenters. The Kier molecular flexibility index (Phi) is 13.9. The molecule has 0 spiro atoms. The highest BCUT2D eigenvalue weighted by molar-refractivity contribution is 7.64. The van der Waals surface area contributed by atoms with Crippen LogP contribution in [-0.4, -0.2) is 75.9 Å². The van der Waals surface area contributed by atoms with Gasteiger partial charge >= 0.3 is 30.8 Å². The summed E-state index contributed by atoms with van der Waals surface area (Å²) in [5, 5.41) is -0.478. The molecule has 0 saturated carbocycles. The molecule has 2 aromatic heterocycles. The Bertz CT molecular complexity index is 2270. The molecule has 0 aliphatic carbocycles. The Morgan fingerprint density at radius 2 is 1.39 bits per heavy atom. The number of nitrogens with two attached hydrogens (primary N) is 1. The van der Waals surface area contributed by atoms with Gasteiger partial charge in [-0.05, 0) is 29.3 Å². The molecule has 0 bridgehead atoms. The number of phosphoric ester groups is 2. The number of rotatable bonds is 18. The predicted octanol–water partition coefficient (Wildman–Crippen LogP) is 6.70. The highest BCUT2D eigenvalue weighted by atomic mass is 31.3. The van der Waals surface area contributed by atoms with Crippen molar-refractivity contribution in [2.75, 3.05) is 25.7 Å². The Morgan fingerprint density at radius 3 is 1.91 bits per heavy atom. The second-order valence-electron chi connectivity index (χ2n) is 14.7. The van der Waals surface area contributed by atoms with Gasteiger partial charge in [-0.25, -0.2) is 22.7 Å². The second kappa shape index (κ2) is 17.5. The number of hydrogen-bond acceptors (Lipinski definition) is 16. The molecule has 0 radical (unpaired) electrons. The van der Waals surface area contributed by atoms with Crippen LogP contribution in [0.2, 0.25) is 18.1 Å². The van der Waals surface area contributed by atoms with Crippen molar-refractivity contribution in [2.45, 2.75) is 76.7 Å². The van der Waals surface area contributed by atoms with Crippen molar-refractivity contribution in [3.63, 3.8) is 0 Å². The number of nitrogens with one attached hydrogen (secondary N) is 1. The third-order valence-electron chi connectivity index (χ3n) is 9.02. The van der Waals surface area contributed by atoms with Crippen LogP contribution in [0.1, 0.15) is 38.1 Å². The van der Waals surface area contributed by atoms with Gasteiger partial charge in [0.15, 0.2) is 25.7 Å². The van der Waals surface area contributed by atoms with Crippen LogP contribution in [0.5, 0.6) is 0 Å². The number of aromatic nitrogens is 4. The molecule has 8 atom stereocenters. The van der Waals surface area contributed by atoms with Crippen molar-refractivity contribution < 1.29 is 63.9 Å². The molecule has 57 heavy (non-hydrogen) atoms. The van der Waals surface area contributed by atoms with Crippen molar-refractivity contribution >= 4 is 56.3 Å². The number of phosphoric acid groups is 2. The fraction of sp³-hybridized carbons (Fsp3) is 0.469. The fourth-order valence-corrected chi connectivity index (χ4v) is 12.0. The van der Waals surface area contributed by atoms with Crippen LogP contribution < -0.4 is 11.3 Å². The number of benzene rings is 2. The minimum absolute atomic E-state index is 0.0696. The highest BCUT2D eigenvalue weighted by Gasteiger charge is 2.55. The van der Waals surface area contributed by atoms with Crippen molar-refractivity contribution in [1.29, 1.82) is 0 Å². The largest absolute Gasteiger partial charge is 0.479 e. The number of aromatic amines is 1. The average molecular weight is 894 g/mol. The first kappa shape index (κ1) is 45.4. The molecule has 1 aliphatic heterocycles. The lowest BCUT2D eigenvalue weighted by molar-refractivity contribution is -0.0485. The van der Waals surface area contributed by atoms with E-state index in [1.807, 2.05) is 33.9 Å². The maximum Gasteiger partial charge on any atom is 0.479 e. The number of nitrogens with zero attached hydrogens (tertiary/aromatic N) is 3. The van der Waals surface area contributed by atoms with Gasteiger partial charge in [0.05, 0.1) is 26.1 Å². The van der Waals surface area contributed by atoms with Crippen LogP contribution in [0, 0.1) is 0 Å². The summed E-state index contributed by atoms with van der Waals surface area (Å²) in [5.41, 5.74) is 6.18. The van der Waals surface area contributed by atoms with Crippen LogP contribution in [0.4, 0.5) is 5.95 Å². The van der Waals surface area contributed by atoms with Gasteiger partial charge in [-0.3, -0.25) is 32.5 Å². The van der Waals surface area contributed by atoms with Gasteiger partial charge in [-0.2, -0.15) is 4.98 Å². The van der Waals surface area contributed by atoms with Gasteiger partial charge in [-0.1, -0.05) is 81.4 Å². The first-order chi connectivity index (χ1) is 26.4. The van der Waals surface area contributed by atoms with E-state index in [2.05, 4.69) is 15.0 Å². The molecule has 5 rings (SSSR count). The molecule has 314 valence electrons. The van der Waals surface area contributed by atoms with E-state index in [4.69, 9.17) is 41.6 Å². The molecule has 2 aromatic carbocycles. The van der Waals surface area contributed by atoms with Crippen LogP contribution >= 0.6 is 30.8 Å². The van der Waals surface area contributed by atoms with E-state index in [9.17, 15) is 32.8 Å². The predicted molar refractivity (Wildman–Crippen MR) is 211 cm³/mol. The van der Waals surface area contributed by atoms with E-state index < -0.39 is 80.9 Å². The van der Waals surface area contributed by atoms with Gasteiger partial charge in [-0.15, -0.1) is 0 Å². The van der Waals surface area contributed by atoms with Crippen molar-refractivity contribution in [1.82, 2.24) is 19.5 Å². The van der Waals surface area contributed by atoms with Gasteiger partial charge < -0.3 is 33.7 Å². The minimum atomic E-state index is -5.40. The summed E-state index contributed by atoms with van der Waals surface area (Å²) in [6.45, 7) is 10.1. The standard InChI is InChI=1S/C32H47N5O15P4Si/c1-32(2,3)57(6,7)50-27-26(49-56(43,44)52-54(5,40)46-19-23-16-12-9-13-17-23)24(48-30(27)37-21-34-25-28(37)35-31(33)36-29(25)38)20-47-55(41,42)51-53(4,39)45-18-22-14-10-8-11-15-22/h8-17,21,24,26-27,30H,18-20H2,1-7H3,(H,41,42)(H,43,44)(H3,33,35,36,38)/t24-,26?,27+,30-,53?,54?/m1/s1. The number of nitrogen functional groups attached to an aromatic ring is 1. The average Bonchev–Trinajstić information content (AvgIpc) is 3.65. The highest BCUT2D eigenvalue weighted by Crippen LogP contribution is 2.64. The van der Waals surface area contributed by atoms with Crippen LogP contribution in [-0.2, 0) is 67.4 Å². The molecule has 25 heteroatoms. The van der Waals surface area contributed by atoms with Gasteiger partial charge in [0, 0.05) is 13.3 Å². The van der Waals surface area contributed by atoms with E-state index in [1.165, 1.54) is 10.9 Å². The first-order valence-corrected chi connectivity index (χ1v) is 27.2. The monoisotopic (exact) mass is 893 g/mol. The normalized spacial score (nSPS) is 23.4. The van der Waals surface area contributed by atoms with E-state index in [0.717, 1.165) is 13.3 Å². The zero-order valence-corrected chi connectivity index (χ0v) is 36.8. The molecular weight excluding hydrogens is 846 g/mol. The Morgan fingerprint density at radius 1 is 0.860 bits per heavy atom. The van der Waals surface area contributed by atoms with Crippen molar-refractivity contribution in [3.05, 3.63) is 88.5 Å². The molecule has 20 nitrogen and oxygen atoms in total. The Hall–Kier alpha value is -2.67. The molecule has 1 fully saturated rings. The van der Waals surface area contributed by atoms with E-state index in [-0.39, 0.29) is 30.3 Å². The minimum Gasteiger partial charge on any atom is -0.407 e. The number of H-pyrrole nitrogens is 1. The zero-order valence-electron chi connectivity index (χ0n) is 32.2. The Labute approximate surface area is 329 Å². The Balaban J connectivity index is 1.48. The lowest BCUT2D eigenvalue weighted by atomic mass is 10.1. The maximum absolute atomic E-state index is 13.8. The van der Waals surface area contributed by atoms with Crippen LogP contribution in [0.25, 0.3) is 11.2 Å². The van der Waals surface area contributed by atoms with Crippen LogP contribution in [0.15, 0.2) is 71.8 Å². The van der Waals surface area contributed by atoms with Crippen LogP contribution in [0.3, 0.4) is 0 Å².